The molecule has 15 heteroatoms. The number of hydrogen-bond acceptors (Lipinski definition) is 9. The maximum absolute atomic E-state index is 13.7. The van der Waals surface area contributed by atoms with E-state index in [-0.39, 0.29) is 16.9 Å². The highest BCUT2D eigenvalue weighted by atomic mass is 35.5. The zero-order valence-electron chi connectivity index (χ0n) is 24.3. The van der Waals surface area contributed by atoms with Gasteiger partial charge < -0.3 is 39.3 Å². The number of nitrogens with one attached hydrogen (secondary N) is 2. The summed E-state index contributed by atoms with van der Waals surface area (Å²) in [5.74, 6) is -0.287. The molecule has 1 saturated heterocycles. The Hall–Kier alpha value is -4.66. The summed E-state index contributed by atoms with van der Waals surface area (Å²) in [4.78, 5) is 36.6. The molecule has 0 unspecified atom stereocenters. The summed E-state index contributed by atoms with van der Waals surface area (Å²) >= 11 is 5.95. The predicted octanol–water partition coefficient (Wildman–Crippen LogP) is 4.75. The number of halogens is 2. The van der Waals surface area contributed by atoms with Gasteiger partial charge in [0, 0.05) is 36.7 Å². The molecule has 0 spiro atoms. The van der Waals surface area contributed by atoms with Gasteiger partial charge in [-0.25, -0.2) is 14.4 Å². The van der Waals surface area contributed by atoms with Crippen LogP contribution in [0.15, 0.2) is 55.1 Å². The van der Waals surface area contributed by atoms with Gasteiger partial charge in [0.05, 0.1) is 50.1 Å². The topological polar surface area (TPSA) is 146 Å². The second-order valence-corrected chi connectivity index (χ2v) is 11.4. The highest BCUT2D eigenvalue weighted by Gasteiger charge is 2.27. The van der Waals surface area contributed by atoms with Crippen LogP contribution in [0, 0.1) is 15.9 Å². The molecule has 5 rings (SSSR count). The van der Waals surface area contributed by atoms with Crippen LogP contribution in [0.4, 0.5) is 27.4 Å². The number of rotatable bonds is 11. The second-order valence-electron chi connectivity index (χ2n) is 11.0. The summed E-state index contributed by atoms with van der Waals surface area (Å²) < 4.78 is 27.3. The van der Waals surface area contributed by atoms with E-state index in [0.29, 0.717) is 76.7 Å². The number of fused-ring (bicyclic) bond motifs is 1. The minimum Gasteiger partial charge on any atom is -0.486 e. The van der Waals surface area contributed by atoms with Gasteiger partial charge in [-0.1, -0.05) is 11.6 Å². The number of aryl methyl sites for hydroxylation is 1. The van der Waals surface area contributed by atoms with Crippen molar-refractivity contribution in [2.45, 2.75) is 19.1 Å². The number of amides is 1. The lowest BCUT2D eigenvalue weighted by Crippen LogP contribution is -2.39. The number of likely N-dealkylation sites (N-methyl/N-ethyl adjacent to an activating group) is 1. The molecule has 44 heavy (non-hydrogen) atoms. The summed E-state index contributed by atoms with van der Waals surface area (Å²) in [6, 6.07) is 7.66. The van der Waals surface area contributed by atoms with E-state index in [0.717, 1.165) is 0 Å². The van der Waals surface area contributed by atoms with Crippen molar-refractivity contribution in [1.82, 2.24) is 19.5 Å². The first-order valence-corrected chi connectivity index (χ1v) is 14.1. The van der Waals surface area contributed by atoms with Gasteiger partial charge in [0.25, 0.3) is 0 Å². The van der Waals surface area contributed by atoms with Crippen molar-refractivity contribution in [3.8, 4) is 5.75 Å². The molecule has 230 valence electrons. The molecule has 1 atom stereocenters. The number of nitro groups is 1. The Morgan fingerprint density at radius 2 is 2.11 bits per heavy atom. The van der Waals surface area contributed by atoms with Gasteiger partial charge in [-0.3, -0.25) is 4.79 Å². The molecule has 2 aromatic heterocycles. The van der Waals surface area contributed by atoms with E-state index in [1.54, 1.807) is 29.8 Å². The van der Waals surface area contributed by atoms with Crippen LogP contribution in [0.3, 0.4) is 0 Å². The van der Waals surface area contributed by atoms with E-state index in [1.807, 2.05) is 14.1 Å². The average Bonchev–Trinajstić information content (AvgIpc) is 3.61. The van der Waals surface area contributed by atoms with Crippen molar-refractivity contribution in [3.05, 3.63) is 81.8 Å². The van der Waals surface area contributed by atoms with Gasteiger partial charge in [-0.05, 0) is 40.2 Å². The van der Waals surface area contributed by atoms with E-state index in [4.69, 9.17) is 21.1 Å². The highest BCUT2D eigenvalue weighted by Crippen LogP contribution is 2.35. The molecule has 0 radical (unpaired) electrons. The SMILES string of the molecule is Cn1cnc([N+](=O)[O-])c1C[N+](C)(C)CC=CC(=O)Nc1cc2c(Nc3ccc(F)c(Cl)c3)ncnc2cc1O[C@H]1CCOC1. The average molecular weight is 626 g/mol. The van der Waals surface area contributed by atoms with Gasteiger partial charge in [0.1, 0.15) is 36.4 Å². The number of quaternary nitrogens is 1. The maximum Gasteiger partial charge on any atom is 0.390 e. The van der Waals surface area contributed by atoms with Gasteiger partial charge in [-0.15, -0.1) is 0 Å². The molecule has 13 nitrogen and oxygen atoms in total. The third-order valence-electron chi connectivity index (χ3n) is 7.02. The Morgan fingerprint density at radius 3 is 2.84 bits per heavy atom. The molecule has 4 aromatic rings. The van der Waals surface area contributed by atoms with Crippen LogP contribution in [0.25, 0.3) is 10.9 Å². The number of carbonyl (C=O) groups excluding carboxylic acids is 1. The third kappa shape index (κ3) is 7.27. The fraction of sp³-hybridized carbons (Fsp3) is 0.310. The second kappa shape index (κ2) is 12.9. The van der Waals surface area contributed by atoms with Crippen LogP contribution in [-0.2, 0) is 23.1 Å². The van der Waals surface area contributed by atoms with E-state index in [1.165, 1.54) is 36.9 Å². The number of benzene rings is 2. The van der Waals surface area contributed by atoms with Crippen LogP contribution in [0.5, 0.6) is 5.75 Å². The molecule has 0 saturated carbocycles. The molecule has 1 amide bonds. The standard InChI is InChI=1S/C29H30ClFN8O5/c1-37-17-34-29(38(41)42)25(37)14-39(2,3)9-4-5-27(40)36-24-12-20-23(13-26(24)44-19-8-10-43-15-19)32-16-33-28(20)35-18-6-7-22(31)21(30)11-18/h4-7,11-13,16-17,19H,8-10,14-15H2,1-3H3,(H-,32,33,35,36,40)/p+1/t19-/m0/s1. The fourth-order valence-electron chi connectivity index (χ4n) is 4.74. The zero-order chi connectivity index (χ0) is 31.4. The molecule has 1 fully saturated rings. The van der Waals surface area contributed by atoms with E-state index in [2.05, 4.69) is 25.6 Å². The molecule has 1 aliphatic rings. The fourth-order valence-corrected chi connectivity index (χ4v) is 4.92. The van der Waals surface area contributed by atoms with Crippen molar-refractivity contribution in [2.24, 2.45) is 7.05 Å². The van der Waals surface area contributed by atoms with Crippen molar-refractivity contribution < 1.29 is 28.1 Å². The van der Waals surface area contributed by atoms with Crippen molar-refractivity contribution in [3.63, 3.8) is 0 Å². The molecular weight excluding hydrogens is 595 g/mol. The minimum atomic E-state index is -0.541. The maximum atomic E-state index is 13.7. The number of aromatic nitrogens is 4. The number of carbonyl (C=O) groups is 1. The van der Waals surface area contributed by atoms with E-state index in [9.17, 15) is 19.3 Å². The number of hydrogen-bond donors (Lipinski definition) is 2. The first kappa shape index (κ1) is 30.8. The minimum absolute atomic E-state index is 0.0390. The Labute approximate surface area is 257 Å². The van der Waals surface area contributed by atoms with Gasteiger partial charge in [-0.2, -0.15) is 0 Å². The first-order chi connectivity index (χ1) is 21.0. The van der Waals surface area contributed by atoms with E-state index < -0.39 is 16.6 Å². The molecule has 3 heterocycles. The summed E-state index contributed by atoms with van der Waals surface area (Å²) in [7, 11) is 5.52. The summed E-state index contributed by atoms with van der Waals surface area (Å²) in [5, 5.41) is 17.9. The lowest BCUT2D eigenvalue weighted by Gasteiger charge is -2.28. The third-order valence-corrected chi connectivity index (χ3v) is 7.30. The Balaban J connectivity index is 1.37. The van der Waals surface area contributed by atoms with Crippen molar-refractivity contribution in [2.75, 3.05) is 44.5 Å². The molecule has 1 aliphatic heterocycles. The molecule has 2 aromatic carbocycles. The Kier molecular flexibility index (Phi) is 9.04. The molecule has 2 N–H and O–H groups in total. The van der Waals surface area contributed by atoms with Crippen LogP contribution in [-0.4, -0.2) is 74.8 Å². The van der Waals surface area contributed by atoms with Gasteiger partial charge in [0.15, 0.2) is 5.69 Å². The molecule has 0 aliphatic carbocycles. The number of anilines is 3. The Bertz CT molecular complexity index is 1740. The van der Waals surface area contributed by atoms with Crippen LogP contribution >= 0.6 is 11.6 Å². The molecule has 0 bridgehead atoms. The summed E-state index contributed by atoms with van der Waals surface area (Å²) in [6.45, 7) is 1.75. The number of nitrogens with zero attached hydrogens (tertiary/aromatic N) is 6. The monoisotopic (exact) mass is 625 g/mol. The van der Waals surface area contributed by atoms with Crippen LogP contribution in [0.2, 0.25) is 5.02 Å². The van der Waals surface area contributed by atoms with Gasteiger partial charge >= 0.3 is 5.82 Å². The summed E-state index contributed by atoms with van der Waals surface area (Å²) in [5.41, 5.74) is 1.96. The van der Waals surface area contributed by atoms with Gasteiger partial charge in [0.2, 0.25) is 12.2 Å². The Morgan fingerprint density at radius 1 is 1.30 bits per heavy atom. The lowest BCUT2D eigenvalue weighted by molar-refractivity contribution is -0.898. The zero-order valence-corrected chi connectivity index (χ0v) is 25.0. The number of ether oxygens (including phenoxy) is 2. The number of imidazole rings is 1. The lowest BCUT2D eigenvalue weighted by atomic mass is 10.1. The normalized spacial score (nSPS) is 15.2. The summed E-state index contributed by atoms with van der Waals surface area (Å²) in [6.07, 6.45) is 6.44. The van der Waals surface area contributed by atoms with E-state index >= 15 is 0 Å². The predicted molar refractivity (Wildman–Crippen MR) is 162 cm³/mol. The highest BCUT2D eigenvalue weighted by molar-refractivity contribution is 6.31. The van der Waals surface area contributed by atoms with Crippen molar-refractivity contribution in [1.29, 1.82) is 0 Å². The van der Waals surface area contributed by atoms with Crippen molar-refractivity contribution >= 4 is 51.4 Å². The van der Waals surface area contributed by atoms with Crippen LogP contribution < -0.4 is 15.4 Å². The van der Waals surface area contributed by atoms with Crippen LogP contribution in [0.1, 0.15) is 12.1 Å². The largest absolute Gasteiger partial charge is 0.486 e. The first-order valence-electron chi connectivity index (χ1n) is 13.7. The molecular formula is C29H31ClFN8O5+. The smallest absolute Gasteiger partial charge is 0.390 e. The quantitative estimate of drug-likeness (QED) is 0.104.